The van der Waals surface area contributed by atoms with Crippen LogP contribution < -0.4 is 0 Å². The Hall–Kier alpha value is -0.570. The average Bonchev–Trinajstić information content (AvgIpc) is 2.80. The predicted octanol–water partition coefficient (Wildman–Crippen LogP) is 1.97. The third-order valence-electron chi connectivity index (χ3n) is 3.36. The zero-order valence-electron chi connectivity index (χ0n) is 9.42. The van der Waals surface area contributed by atoms with Crippen molar-refractivity contribution in [3.63, 3.8) is 0 Å². The molecular formula is C11H21NO2. The summed E-state index contributed by atoms with van der Waals surface area (Å²) in [5.74, 6) is -0.644. The molecule has 0 atom stereocenters. The molecule has 1 rings (SSSR count). The van der Waals surface area contributed by atoms with Crippen molar-refractivity contribution >= 4 is 5.97 Å². The summed E-state index contributed by atoms with van der Waals surface area (Å²) >= 11 is 0. The second-order valence-electron chi connectivity index (χ2n) is 4.89. The van der Waals surface area contributed by atoms with Crippen LogP contribution in [0.4, 0.5) is 0 Å². The lowest BCUT2D eigenvalue weighted by Gasteiger charge is -2.23. The molecule has 0 aromatic carbocycles. The summed E-state index contributed by atoms with van der Waals surface area (Å²) in [7, 11) is 2.10. The molecule has 0 radical (unpaired) electrons. The van der Waals surface area contributed by atoms with E-state index < -0.39 is 5.97 Å². The Labute approximate surface area is 86.1 Å². The summed E-state index contributed by atoms with van der Waals surface area (Å²) in [4.78, 5) is 12.9. The Balaban J connectivity index is 2.27. The van der Waals surface area contributed by atoms with Crippen LogP contribution in [0.15, 0.2) is 0 Å². The quantitative estimate of drug-likeness (QED) is 0.711. The fraction of sp³-hybridized carbons (Fsp3) is 0.909. The van der Waals surface area contributed by atoms with E-state index in [2.05, 4.69) is 25.8 Å². The lowest BCUT2D eigenvalue weighted by molar-refractivity contribution is -0.138. The number of carbonyl (C=O) groups is 1. The molecule has 0 amide bonds. The summed E-state index contributed by atoms with van der Waals surface area (Å²) in [5.41, 5.74) is 0.148. The van der Waals surface area contributed by atoms with E-state index in [-0.39, 0.29) is 5.41 Å². The molecule has 1 fully saturated rings. The molecule has 0 aromatic heterocycles. The van der Waals surface area contributed by atoms with Gasteiger partial charge in [0.1, 0.15) is 0 Å². The van der Waals surface area contributed by atoms with E-state index in [1.807, 2.05) is 0 Å². The van der Waals surface area contributed by atoms with Crippen molar-refractivity contribution < 1.29 is 9.90 Å². The van der Waals surface area contributed by atoms with E-state index in [0.717, 1.165) is 25.8 Å². The third-order valence-corrected chi connectivity index (χ3v) is 3.36. The molecular weight excluding hydrogens is 178 g/mol. The first-order valence-electron chi connectivity index (χ1n) is 5.37. The number of hydrogen-bond donors (Lipinski definition) is 1. The Morgan fingerprint density at radius 3 is 2.43 bits per heavy atom. The molecule has 0 heterocycles. The Bertz CT molecular complexity index is 209. The van der Waals surface area contributed by atoms with Gasteiger partial charge in [0.2, 0.25) is 0 Å². The maximum Gasteiger partial charge on any atom is 0.303 e. The van der Waals surface area contributed by atoms with Crippen LogP contribution in [0, 0.1) is 5.41 Å². The first-order chi connectivity index (χ1) is 6.45. The minimum Gasteiger partial charge on any atom is -0.481 e. The lowest BCUT2D eigenvalue weighted by atomic mass is 9.98. The van der Waals surface area contributed by atoms with Crippen molar-refractivity contribution in [2.24, 2.45) is 5.41 Å². The summed E-state index contributed by atoms with van der Waals surface area (Å²) < 4.78 is 0. The molecule has 3 heteroatoms. The Morgan fingerprint density at radius 2 is 2.07 bits per heavy atom. The van der Waals surface area contributed by atoms with Crippen molar-refractivity contribution in [3.8, 4) is 0 Å². The highest BCUT2D eigenvalue weighted by atomic mass is 16.4. The lowest BCUT2D eigenvalue weighted by Crippen LogP contribution is -2.29. The number of hydrogen-bond acceptors (Lipinski definition) is 2. The van der Waals surface area contributed by atoms with Gasteiger partial charge in [-0.1, -0.05) is 0 Å². The minimum atomic E-state index is -0.644. The van der Waals surface area contributed by atoms with Gasteiger partial charge in [-0.3, -0.25) is 4.79 Å². The SMILES string of the molecule is CC(C)N(C)CCC1(CC(=O)O)CC1. The van der Waals surface area contributed by atoms with Crippen LogP contribution in [0.1, 0.15) is 39.5 Å². The number of carboxylic acid groups (broad SMARTS) is 1. The van der Waals surface area contributed by atoms with E-state index in [4.69, 9.17) is 5.11 Å². The number of carboxylic acids is 1. The Kier molecular flexibility index (Phi) is 3.53. The van der Waals surface area contributed by atoms with Crippen molar-refractivity contribution in [1.29, 1.82) is 0 Å². The van der Waals surface area contributed by atoms with Gasteiger partial charge in [-0.15, -0.1) is 0 Å². The number of nitrogens with zero attached hydrogens (tertiary/aromatic N) is 1. The van der Waals surface area contributed by atoms with Crippen LogP contribution in [0.25, 0.3) is 0 Å². The molecule has 0 saturated heterocycles. The highest BCUT2D eigenvalue weighted by Gasteiger charge is 2.43. The van der Waals surface area contributed by atoms with E-state index in [0.29, 0.717) is 12.5 Å². The molecule has 0 aromatic rings. The largest absolute Gasteiger partial charge is 0.481 e. The van der Waals surface area contributed by atoms with Crippen LogP contribution in [-0.4, -0.2) is 35.6 Å². The van der Waals surface area contributed by atoms with Crippen LogP contribution in [0.2, 0.25) is 0 Å². The van der Waals surface area contributed by atoms with Gasteiger partial charge in [0.25, 0.3) is 0 Å². The van der Waals surface area contributed by atoms with Gasteiger partial charge in [0.05, 0.1) is 6.42 Å². The van der Waals surface area contributed by atoms with Crippen molar-refractivity contribution in [3.05, 3.63) is 0 Å². The highest BCUT2D eigenvalue weighted by Crippen LogP contribution is 2.51. The van der Waals surface area contributed by atoms with Crippen molar-refractivity contribution in [2.75, 3.05) is 13.6 Å². The van der Waals surface area contributed by atoms with Crippen LogP contribution >= 0.6 is 0 Å². The molecule has 1 saturated carbocycles. The first-order valence-corrected chi connectivity index (χ1v) is 5.37. The Morgan fingerprint density at radius 1 is 1.50 bits per heavy atom. The molecule has 1 aliphatic rings. The number of rotatable bonds is 6. The average molecular weight is 199 g/mol. The third kappa shape index (κ3) is 3.29. The summed E-state index contributed by atoms with van der Waals surface area (Å²) in [6, 6.07) is 0.552. The second-order valence-corrected chi connectivity index (χ2v) is 4.89. The maximum atomic E-state index is 10.6. The summed E-state index contributed by atoms with van der Waals surface area (Å²) in [6.07, 6.45) is 3.60. The molecule has 14 heavy (non-hydrogen) atoms. The van der Waals surface area contributed by atoms with Gasteiger partial charge < -0.3 is 10.0 Å². The van der Waals surface area contributed by atoms with Crippen molar-refractivity contribution in [2.45, 2.75) is 45.6 Å². The van der Waals surface area contributed by atoms with E-state index >= 15 is 0 Å². The number of aliphatic carboxylic acids is 1. The first kappa shape index (κ1) is 11.5. The minimum absolute atomic E-state index is 0.148. The van der Waals surface area contributed by atoms with Gasteiger partial charge in [0, 0.05) is 6.04 Å². The summed E-state index contributed by atoms with van der Waals surface area (Å²) in [5, 5.41) is 8.75. The second kappa shape index (κ2) is 4.30. The fourth-order valence-corrected chi connectivity index (χ4v) is 1.68. The molecule has 82 valence electrons. The maximum absolute atomic E-state index is 10.6. The molecule has 3 nitrogen and oxygen atoms in total. The molecule has 0 bridgehead atoms. The van der Waals surface area contributed by atoms with Crippen molar-refractivity contribution in [1.82, 2.24) is 4.90 Å². The topological polar surface area (TPSA) is 40.5 Å². The molecule has 1 N–H and O–H groups in total. The monoisotopic (exact) mass is 199 g/mol. The highest BCUT2D eigenvalue weighted by molar-refractivity contribution is 5.68. The fourth-order valence-electron chi connectivity index (χ4n) is 1.68. The van der Waals surface area contributed by atoms with E-state index in [9.17, 15) is 4.79 Å². The molecule has 1 aliphatic carbocycles. The van der Waals surface area contributed by atoms with Crippen LogP contribution in [0.5, 0.6) is 0 Å². The molecule has 0 spiro atoms. The molecule has 0 aliphatic heterocycles. The molecule has 0 unspecified atom stereocenters. The predicted molar refractivity (Wildman–Crippen MR) is 56.3 cm³/mol. The van der Waals surface area contributed by atoms with Gasteiger partial charge >= 0.3 is 5.97 Å². The van der Waals surface area contributed by atoms with Gasteiger partial charge in [0.15, 0.2) is 0 Å². The van der Waals surface area contributed by atoms with Gasteiger partial charge in [-0.25, -0.2) is 0 Å². The zero-order valence-corrected chi connectivity index (χ0v) is 9.42. The smallest absolute Gasteiger partial charge is 0.303 e. The standard InChI is InChI=1S/C11H21NO2/c1-9(2)12(3)7-6-11(4-5-11)8-10(13)14/h9H,4-8H2,1-3H3,(H,13,14). The van der Waals surface area contributed by atoms with Crippen LogP contribution in [-0.2, 0) is 4.79 Å². The van der Waals surface area contributed by atoms with Gasteiger partial charge in [-0.05, 0) is 52.1 Å². The van der Waals surface area contributed by atoms with Crippen LogP contribution in [0.3, 0.4) is 0 Å². The zero-order chi connectivity index (χ0) is 10.8. The van der Waals surface area contributed by atoms with E-state index in [1.54, 1.807) is 0 Å². The van der Waals surface area contributed by atoms with Gasteiger partial charge in [-0.2, -0.15) is 0 Å². The summed E-state index contributed by atoms with van der Waals surface area (Å²) in [6.45, 7) is 5.35. The van der Waals surface area contributed by atoms with E-state index in [1.165, 1.54) is 0 Å². The normalized spacial score (nSPS) is 18.9.